The summed E-state index contributed by atoms with van der Waals surface area (Å²) in [5.41, 5.74) is 5.93. The molecule has 0 saturated heterocycles. The molecule has 0 radical (unpaired) electrons. The second-order valence-electron chi connectivity index (χ2n) is 4.46. The van der Waals surface area contributed by atoms with E-state index in [1.54, 1.807) is 11.3 Å². The molecular formula is C12H19BrN2OS. The zero-order valence-electron chi connectivity index (χ0n) is 9.81. The van der Waals surface area contributed by atoms with Gasteiger partial charge in [0.05, 0.1) is 12.6 Å². The van der Waals surface area contributed by atoms with Gasteiger partial charge in [-0.15, -0.1) is 11.3 Å². The molecule has 1 saturated carbocycles. The van der Waals surface area contributed by atoms with Crippen LogP contribution >= 0.6 is 27.3 Å². The average Bonchev–Trinajstić information content (AvgIpc) is 2.64. The smallest absolute Gasteiger partial charge is 0.0568 e. The van der Waals surface area contributed by atoms with E-state index in [9.17, 15) is 5.11 Å². The lowest BCUT2D eigenvalue weighted by molar-refractivity contribution is 0.0636. The summed E-state index contributed by atoms with van der Waals surface area (Å²) < 4.78 is 1.12. The van der Waals surface area contributed by atoms with Crippen molar-refractivity contribution in [2.24, 2.45) is 5.73 Å². The van der Waals surface area contributed by atoms with Crippen LogP contribution in [0.15, 0.2) is 15.9 Å². The minimum atomic E-state index is 0.208. The molecule has 96 valence electrons. The van der Waals surface area contributed by atoms with Crippen molar-refractivity contribution in [3.63, 3.8) is 0 Å². The monoisotopic (exact) mass is 318 g/mol. The van der Waals surface area contributed by atoms with E-state index >= 15 is 0 Å². The molecule has 0 spiro atoms. The molecule has 1 aromatic heterocycles. The van der Waals surface area contributed by atoms with Crippen molar-refractivity contribution in [1.82, 2.24) is 4.90 Å². The van der Waals surface area contributed by atoms with E-state index < -0.39 is 0 Å². The van der Waals surface area contributed by atoms with E-state index in [-0.39, 0.29) is 12.6 Å². The second kappa shape index (κ2) is 6.29. The summed E-state index contributed by atoms with van der Waals surface area (Å²) in [6, 6.07) is 3.01. The van der Waals surface area contributed by atoms with Crippen LogP contribution in [0.5, 0.6) is 0 Å². The van der Waals surface area contributed by atoms with Gasteiger partial charge in [-0.3, -0.25) is 4.90 Å². The largest absolute Gasteiger partial charge is 0.395 e. The Labute approximate surface area is 115 Å². The highest BCUT2D eigenvalue weighted by Crippen LogP contribution is 2.34. The lowest BCUT2D eigenvalue weighted by Crippen LogP contribution is -2.46. The number of hydrogen-bond donors (Lipinski definition) is 2. The number of aliphatic hydroxyl groups is 1. The Morgan fingerprint density at radius 3 is 2.76 bits per heavy atom. The maximum absolute atomic E-state index is 9.21. The molecule has 0 aromatic carbocycles. The molecule has 0 amide bonds. The third kappa shape index (κ3) is 3.09. The molecule has 1 aliphatic carbocycles. The molecule has 1 atom stereocenters. The van der Waals surface area contributed by atoms with Crippen LogP contribution < -0.4 is 5.73 Å². The quantitative estimate of drug-likeness (QED) is 0.846. The fourth-order valence-corrected chi connectivity index (χ4v) is 3.92. The zero-order chi connectivity index (χ0) is 12.3. The molecule has 17 heavy (non-hydrogen) atoms. The average molecular weight is 319 g/mol. The predicted molar refractivity (Wildman–Crippen MR) is 75.2 cm³/mol. The maximum Gasteiger partial charge on any atom is 0.0568 e. The Bertz CT molecular complexity index is 354. The number of nitrogens with zero attached hydrogens (tertiary/aromatic N) is 1. The number of nitrogens with two attached hydrogens (primary N) is 1. The summed E-state index contributed by atoms with van der Waals surface area (Å²) in [5.74, 6) is 0. The van der Waals surface area contributed by atoms with Gasteiger partial charge in [0.1, 0.15) is 0 Å². The SMILES string of the molecule is NCC(c1cc(Br)cs1)N(CCO)C1CCC1. The lowest BCUT2D eigenvalue weighted by atomic mass is 9.90. The van der Waals surface area contributed by atoms with Crippen molar-refractivity contribution in [2.75, 3.05) is 19.7 Å². The molecule has 0 aliphatic heterocycles. The first-order valence-electron chi connectivity index (χ1n) is 6.07. The van der Waals surface area contributed by atoms with Crippen LogP contribution in [0.1, 0.15) is 30.2 Å². The summed E-state index contributed by atoms with van der Waals surface area (Å²) in [7, 11) is 0. The molecule has 0 bridgehead atoms. The fraction of sp³-hybridized carbons (Fsp3) is 0.667. The Balaban J connectivity index is 2.12. The van der Waals surface area contributed by atoms with Gasteiger partial charge >= 0.3 is 0 Å². The van der Waals surface area contributed by atoms with Gasteiger partial charge in [-0.05, 0) is 34.8 Å². The molecule has 1 unspecified atom stereocenters. The van der Waals surface area contributed by atoms with E-state index in [0.717, 1.165) is 11.0 Å². The van der Waals surface area contributed by atoms with E-state index in [1.165, 1.54) is 24.1 Å². The van der Waals surface area contributed by atoms with Gasteiger partial charge in [-0.25, -0.2) is 0 Å². The van der Waals surface area contributed by atoms with Gasteiger partial charge in [0.15, 0.2) is 0 Å². The zero-order valence-corrected chi connectivity index (χ0v) is 12.2. The van der Waals surface area contributed by atoms with Crippen LogP contribution in [0.2, 0.25) is 0 Å². The Morgan fingerprint density at radius 2 is 2.35 bits per heavy atom. The number of aliphatic hydroxyl groups excluding tert-OH is 1. The first-order chi connectivity index (χ1) is 8.26. The highest BCUT2D eigenvalue weighted by molar-refractivity contribution is 9.10. The molecule has 3 N–H and O–H groups in total. The molecule has 5 heteroatoms. The third-order valence-electron chi connectivity index (χ3n) is 3.44. The lowest BCUT2D eigenvalue weighted by Gasteiger charge is -2.41. The Hall–Kier alpha value is 0.0600. The second-order valence-corrected chi connectivity index (χ2v) is 6.32. The molecule has 1 heterocycles. The molecule has 1 aliphatic rings. The van der Waals surface area contributed by atoms with Gasteiger partial charge < -0.3 is 10.8 Å². The van der Waals surface area contributed by atoms with E-state index in [2.05, 4.69) is 32.3 Å². The highest BCUT2D eigenvalue weighted by atomic mass is 79.9. The van der Waals surface area contributed by atoms with Crippen molar-refractivity contribution in [3.8, 4) is 0 Å². The number of halogens is 1. The minimum Gasteiger partial charge on any atom is -0.395 e. The summed E-state index contributed by atoms with van der Waals surface area (Å²) in [6.07, 6.45) is 3.78. The first-order valence-corrected chi connectivity index (χ1v) is 7.74. The predicted octanol–water partition coefficient (Wildman–Crippen LogP) is 2.36. The molecule has 3 nitrogen and oxygen atoms in total. The van der Waals surface area contributed by atoms with Crippen molar-refractivity contribution >= 4 is 27.3 Å². The van der Waals surface area contributed by atoms with Crippen molar-refractivity contribution in [3.05, 3.63) is 20.8 Å². The van der Waals surface area contributed by atoms with Crippen LogP contribution in [0.3, 0.4) is 0 Å². The van der Waals surface area contributed by atoms with Gasteiger partial charge in [-0.2, -0.15) is 0 Å². The van der Waals surface area contributed by atoms with Crippen molar-refractivity contribution in [1.29, 1.82) is 0 Å². The van der Waals surface area contributed by atoms with Gasteiger partial charge in [0, 0.05) is 33.9 Å². The number of rotatable bonds is 6. The highest BCUT2D eigenvalue weighted by Gasteiger charge is 2.30. The van der Waals surface area contributed by atoms with E-state index in [4.69, 9.17) is 5.73 Å². The standard InChI is InChI=1S/C12H19BrN2OS/c13-9-6-12(17-8-9)11(7-14)15(4-5-16)10-2-1-3-10/h6,8,10-11,16H,1-5,7,14H2. The number of thiophene rings is 1. The fourth-order valence-electron chi connectivity index (χ4n) is 2.34. The van der Waals surface area contributed by atoms with Crippen molar-refractivity contribution in [2.45, 2.75) is 31.3 Å². The summed E-state index contributed by atoms with van der Waals surface area (Å²) in [5, 5.41) is 11.3. The molecular weight excluding hydrogens is 300 g/mol. The summed E-state index contributed by atoms with van der Waals surface area (Å²) >= 11 is 5.23. The summed E-state index contributed by atoms with van der Waals surface area (Å²) in [6.45, 7) is 1.55. The van der Waals surface area contributed by atoms with E-state index in [0.29, 0.717) is 12.6 Å². The first kappa shape index (κ1) is 13.5. The minimum absolute atomic E-state index is 0.208. The van der Waals surface area contributed by atoms with E-state index in [1.807, 2.05) is 0 Å². The van der Waals surface area contributed by atoms with Crippen LogP contribution in [0.4, 0.5) is 0 Å². The molecule has 1 aromatic rings. The topological polar surface area (TPSA) is 49.5 Å². The Kier molecular flexibility index (Phi) is 4.99. The van der Waals surface area contributed by atoms with Crippen LogP contribution in [0.25, 0.3) is 0 Å². The Morgan fingerprint density at radius 1 is 1.59 bits per heavy atom. The third-order valence-corrected chi connectivity index (χ3v) is 5.24. The van der Waals surface area contributed by atoms with Gasteiger partial charge in [0.25, 0.3) is 0 Å². The van der Waals surface area contributed by atoms with Gasteiger partial charge in [0.2, 0.25) is 0 Å². The normalized spacial score (nSPS) is 18.4. The molecule has 1 fully saturated rings. The number of hydrogen-bond acceptors (Lipinski definition) is 4. The molecule has 2 rings (SSSR count). The van der Waals surface area contributed by atoms with Crippen LogP contribution in [0, 0.1) is 0 Å². The summed E-state index contributed by atoms with van der Waals surface area (Å²) in [4.78, 5) is 3.67. The maximum atomic E-state index is 9.21. The van der Waals surface area contributed by atoms with Crippen LogP contribution in [-0.2, 0) is 0 Å². The van der Waals surface area contributed by atoms with Crippen molar-refractivity contribution < 1.29 is 5.11 Å². The van der Waals surface area contributed by atoms with Crippen LogP contribution in [-0.4, -0.2) is 35.7 Å². The van der Waals surface area contributed by atoms with Gasteiger partial charge in [-0.1, -0.05) is 6.42 Å².